The molecule has 2 atom stereocenters. The average Bonchev–Trinajstić information content (AvgIpc) is 2.59. The summed E-state index contributed by atoms with van der Waals surface area (Å²) in [5, 5.41) is 3.35. The summed E-state index contributed by atoms with van der Waals surface area (Å²) in [5.41, 5.74) is 7.38. The van der Waals surface area contributed by atoms with E-state index in [1.165, 1.54) is 5.56 Å². The van der Waals surface area contributed by atoms with Gasteiger partial charge < -0.3 is 15.8 Å². The van der Waals surface area contributed by atoms with E-state index < -0.39 is 0 Å². The van der Waals surface area contributed by atoms with Crippen LogP contribution in [0.25, 0.3) is 0 Å². The third-order valence-corrected chi connectivity index (χ3v) is 3.22. The molecule has 0 aliphatic carbocycles. The van der Waals surface area contributed by atoms with Gasteiger partial charge in [0.1, 0.15) is 5.75 Å². The predicted octanol–water partition coefficient (Wildman–Crippen LogP) is 1.49. The highest BCUT2D eigenvalue weighted by Crippen LogP contribution is 2.31. The Hall–Kier alpha value is -1.06. The summed E-state index contributed by atoms with van der Waals surface area (Å²) in [5.74, 6) is 1.30. The van der Waals surface area contributed by atoms with Crippen molar-refractivity contribution in [1.29, 1.82) is 0 Å². The van der Waals surface area contributed by atoms with Crippen LogP contribution >= 0.6 is 0 Å². The van der Waals surface area contributed by atoms with Crippen LogP contribution < -0.4 is 15.8 Å². The zero-order chi connectivity index (χ0) is 11.6. The topological polar surface area (TPSA) is 47.3 Å². The smallest absolute Gasteiger partial charge is 0.119 e. The molecule has 1 aromatic rings. The maximum Gasteiger partial charge on any atom is 0.119 e. The summed E-state index contributed by atoms with van der Waals surface area (Å²) in [6.45, 7) is 6.62. The summed E-state index contributed by atoms with van der Waals surface area (Å²) in [6.07, 6.45) is 0. The summed E-state index contributed by atoms with van der Waals surface area (Å²) in [7, 11) is 0. The fourth-order valence-electron chi connectivity index (χ4n) is 2.33. The van der Waals surface area contributed by atoms with Crippen LogP contribution in [0.5, 0.6) is 5.75 Å². The van der Waals surface area contributed by atoms with Gasteiger partial charge in [-0.15, -0.1) is 0 Å². The SMILES string of the molecule is CCOc1cccc([C@@H]2CNC[C@@]2(C)N)c1. The van der Waals surface area contributed by atoms with Crippen LogP contribution in [-0.2, 0) is 0 Å². The Morgan fingerprint density at radius 2 is 2.38 bits per heavy atom. The molecule has 1 aliphatic rings. The van der Waals surface area contributed by atoms with Gasteiger partial charge in [0, 0.05) is 24.5 Å². The first-order chi connectivity index (χ1) is 7.63. The lowest BCUT2D eigenvalue weighted by Gasteiger charge is -2.26. The van der Waals surface area contributed by atoms with Gasteiger partial charge >= 0.3 is 0 Å². The molecule has 1 saturated heterocycles. The number of nitrogens with one attached hydrogen (secondary N) is 1. The second-order valence-corrected chi connectivity index (χ2v) is 4.69. The fourth-order valence-corrected chi connectivity index (χ4v) is 2.33. The Kier molecular flexibility index (Phi) is 3.17. The van der Waals surface area contributed by atoms with Gasteiger partial charge in [0.15, 0.2) is 0 Å². The molecule has 0 aromatic heterocycles. The van der Waals surface area contributed by atoms with E-state index in [9.17, 15) is 0 Å². The largest absolute Gasteiger partial charge is 0.494 e. The van der Waals surface area contributed by atoms with E-state index in [1.54, 1.807) is 0 Å². The molecule has 1 fully saturated rings. The van der Waals surface area contributed by atoms with E-state index in [4.69, 9.17) is 10.5 Å². The molecule has 1 heterocycles. The first kappa shape index (κ1) is 11.4. The molecule has 1 aromatic carbocycles. The molecule has 3 nitrogen and oxygen atoms in total. The molecule has 88 valence electrons. The molecule has 2 rings (SSSR count). The van der Waals surface area contributed by atoms with Crippen LogP contribution in [0, 0.1) is 0 Å². The monoisotopic (exact) mass is 220 g/mol. The van der Waals surface area contributed by atoms with Gasteiger partial charge in [-0.25, -0.2) is 0 Å². The van der Waals surface area contributed by atoms with E-state index >= 15 is 0 Å². The average molecular weight is 220 g/mol. The zero-order valence-electron chi connectivity index (χ0n) is 9.99. The molecule has 1 aliphatic heterocycles. The molecule has 0 bridgehead atoms. The van der Waals surface area contributed by atoms with Gasteiger partial charge in [0.2, 0.25) is 0 Å². The number of benzene rings is 1. The van der Waals surface area contributed by atoms with Gasteiger partial charge in [0.05, 0.1) is 6.61 Å². The van der Waals surface area contributed by atoms with Crippen molar-refractivity contribution in [3.8, 4) is 5.75 Å². The Labute approximate surface area is 97.0 Å². The number of hydrogen-bond donors (Lipinski definition) is 2. The lowest BCUT2D eigenvalue weighted by Crippen LogP contribution is -2.42. The van der Waals surface area contributed by atoms with Crippen LogP contribution in [-0.4, -0.2) is 25.2 Å². The summed E-state index contributed by atoms with van der Waals surface area (Å²) in [4.78, 5) is 0. The third-order valence-electron chi connectivity index (χ3n) is 3.22. The minimum Gasteiger partial charge on any atom is -0.494 e. The minimum absolute atomic E-state index is 0.162. The number of nitrogens with two attached hydrogens (primary N) is 1. The van der Waals surface area contributed by atoms with Crippen molar-refractivity contribution in [2.45, 2.75) is 25.3 Å². The van der Waals surface area contributed by atoms with Crippen molar-refractivity contribution in [2.24, 2.45) is 5.73 Å². The molecule has 0 unspecified atom stereocenters. The van der Waals surface area contributed by atoms with Crippen LogP contribution in [0.2, 0.25) is 0 Å². The van der Waals surface area contributed by atoms with Gasteiger partial charge in [-0.1, -0.05) is 12.1 Å². The molecular formula is C13H20N2O. The van der Waals surface area contributed by atoms with Crippen LogP contribution in [0.1, 0.15) is 25.3 Å². The molecular weight excluding hydrogens is 200 g/mol. The molecule has 16 heavy (non-hydrogen) atoms. The van der Waals surface area contributed by atoms with Crippen molar-refractivity contribution >= 4 is 0 Å². The highest BCUT2D eigenvalue weighted by atomic mass is 16.5. The van der Waals surface area contributed by atoms with Crippen LogP contribution in [0.3, 0.4) is 0 Å². The van der Waals surface area contributed by atoms with Gasteiger partial charge in [-0.05, 0) is 31.5 Å². The quantitative estimate of drug-likeness (QED) is 0.811. The van der Waals surface area contributed by atoms with Crippen molar-refractivity contribution in [2.75, 3.05) is 19.7 Å². The lowest BCUT2D eigenvalue weighted by molar-refractivity contribution is 0.339. The molecule has 0 saturated carbocycles. The highest BCUT2D eigenvalue weighted by molar-refractivity contribution is 5.34. The molecule has 0 radical (unpaired) electrons. The second kappa shape index (κ2) is 4.44. The van der Waals surface area contributed by atoms with Crippen molar-refractivity contribution in [1.82, 2.24) is 5.32 Å². The molecule has 3 heteroatoms. The number of hydrogen-bond acceptors (Lipinski definition) is 3. The third kappa shape index (κ3) is 2.20. The van der Waals surface area contributed by atoms with E-state index in [0.29, 0.717) is 12.5 Å². The second-order valence-electron chi connectivity index (χ2n) is 4.69. The first-order valence-electron chi connectivity index (χ1n) is 5.86. The Balaban J connectivity index is 2.23. The van der Waals surface area contributed by atoms with E-state index in [1.807, 2.05) is 19.1 Å². The van der Waals surface area contributed by atoms with E-state index in [2.05, 4.69) is 24.4 Å². The maximum atomic E-state index is 6.27. The van der Waals surface area contributed by atoms with Crippen molar-refractivity contribution in [3.63, 3.8) is 0 Å². The lowest BCUT2D eigenvalue weighted by atomic mass is 9.84. The van der Waals surface area contributed by atoms with Gasteiger partial charge in [-0.2, -0.15) is 0 Å². The summed E-state index contributed by atoms with van der Waals surface area (Å²) in [6, 6.07) is 8.26. The summed E-state index contributed by atoms with van der Waals surface area (Å²) >= 11 is 0. The van der Waals surface area contributed by atoms with Gasteiger partial charge in [-0.3, -0.25) is 0 Å². The Morgan fingerprint density at radius 3 is 3.00 bits per heavy atom. The first-order valence-corrected chi connectivity index (χ1v) is 5.86. The zero-order valence-corrected chi connectivity index (χ0v) is 9.99. The molecule has 0 amide bonds. The van der Waals surface area contributed by atoms with Crippen LogP contribution in [0.4, 0.5) is 0 Å². The van der Waals surface area contributed by atoms with Crippen LogP contribution in [0.15, 0.2) is 24.3 Å². The number of ether oxygens (including phenoxy) is 1. The fraction of sp³-hybridized carbons (Fsp3) is 0.538. The predicted molar refractivity (Wildman–Crippen MR) is 65.8 cm³/mol. The molecule has 3 N–H and O–H groups in total. The van der Waals surface area contributed by atoms with Crippen molar-refractivity contribution in [3.05, 3.63) is 29.8 Å². The minimum atomic E-state index is -0.162. The van der Waals surface area contributed by atoms with E-state index in [-0.39, 0.29) is 5.54 Å². The standard InChI is InChI=1S/C13H20N2O/c1-3-16-11-6-4-5-10(7-11)12-8-15-9-13(12,2)14/h4-7,12,15H,3,8-9,14H2,1-2H3/t12-,13+/m0/s1. The highest BCUT2D eigenvalue weighted by Gasteiger charge is 2.36. The summed E-state index contributed by atoms with van der Waals surface area (Å²) < 4.78 is 5.51. The van der Waals surface area contributed by atoms with E-state index in [0.717, 1.165) is 18.8 Å². The normalized spacial score (nSPS) is 29.3. The molecule has 0 spiro atoms. The van der Waals surface area contributed by atoms with Crippen molar-refractivity contribution < 1.29 is 4.74 Å². The Morgan fingerprint density at radius 1 is 1.56 bits per heavy atom. The number of rotatable bonds is 3. The maximum absolute atomic E-state index is 6.27. The van der Waals surface area contributed by atoms with Gasteiger partial charge in [0.25, 0.3) is 0 Å². The Bertz CT molecular complexity index is 363.